The summed E-state index contributed by atoms with van der Waals surface area (Å²) in [6, 6.07) is 5.80. The van der Waals surface area contributed by atoms with Crippen molar-refractivity contribution in [3.05, 3.63) is 28.1 Å². The Morgan fingerprint density at radius 1 is 1.48 bits per heavy atom. The van der Waals surface area contributed by atoms with Gasteiger partial charge < -0.3 is 11.1 Å². The lowest BCUT2D eigenvalue weighted by Gasteiger charge is -2.12. The molecular formula is C15H17ClN2OS2. The quantitative estimate of drug-likeness (QED) is 0.882. The predicted molar refractivity (Wildman–Crippen MR) is 93.7 cm³/mol. The summed E-state index contributed by atoms with van der Waals surface area (Å²) in [4.78, 5) is 13.0. The van der Waals surface area contributed by atoms with Crippen LogP contribution in [0, 0.1) is 0 Å². The van der Waals surface area contributed by atoms with E-state index < -0.39 is 0 Å². The van der Waals surface area contributed by atoms with Crippen LogP contribution in [0.2, 0.25) is 5.02 Å². The molecule has 3 rings (SSSR count). The summed E-state index contributed by atoms with van der Waals surface area (Å²) in [7, 11) is 0. The zero-order valence-electron chi connectivity index (χ0n) is 11.7. The molecule has 1 aromatic heterocycles. The van der Waals surface area contributed by atoms with Gasteiger partial charge in [0.15, 0.2) is 0 Å². The summed E-state index contributed by atoms with van der Waals surface area (Å²) in [5, 5.41) is 5.35. The highest BCUT2D eigenvalue weighted by molar-refractivity contribution is 7.99. The first-order valence-electron chi connectivity index (χ1n) is 6.89. The molecule has 2 atom stereocenters. The van der Waals surface area contributed by atoms with E-state index in [2.05, 4.69) is 11.6 Å². The molecule has 21 heavy (non-hydrogen) atoms. The minimum Gasteiger partial charge on any atom is -0.397 e. The van der Waals surface area contributed by atoms with Crippen LogP contribution < -0.4 is 11.1 Å². The third-order valence-electron chi connectivity index (χ3n) is 3.95. The van der Waals surface area contributed by atoms with Gasteiger partial charge in [0, 0.05) is 26.4 Å². The van der Waals surface area contributed by atoms with Crippen molar-refractivity contribution >= 4 is 56.4 Å². The molecule has 3 N–H and O–H groups in total. The molecule has 1 aliphatic carbocycles. The molecule has 112 valence electrons. The van der Waals surface area contributed by atoms with Crippen LogP contribution in [0.3, 0.4) is 0 Å². The zero-order chi connectivity index (χ0) is 15.0. The number of thiophene rings is 1. The van der Waals surface area contributed by atoms with E-state index in [0.717, 1.165) is 22.9 Å². The molecule has 0 bridgehead atoms. The number of anilines is 1. The SMILES string of the molecule is CSC1CCC(NC(=O)c2sc3cc(Cl)ccc3c2N)C1. The van der Waals surface area contributed by atoms with Crippen LogP contribution in [0.4, 0.5) is 5.69 Å². The largest absolute Gasteiger partial charge is 0.397 e. The summed E-state index contributed by atoms with van der Waals surface area (Å²) in [6.07, 6.45) is 5.39. The molecule has 1 saturated carbocycles. The van der Waals surface area contributed by atoms with Crippen LogP contribution in [0.15, 0.2) is 18.2 Å². The summed E-state index contributed by atoms with van der Waals surface area (Å²) in [6.45, 7) is 0. The average Bonchev–Trinajstić information content (AvgIpc) is 3.03. The van der Waals surface area contributed by atoms with Crippen LogP contribution >= 0.6 is 34.7 Å². The Balaban J connectivity index is 1.80. The minimum absolute atomic E-state index is 0.0587. The first kappa shape index (κ1) is 15.0. The van der Waals surface area contributed by atoms with Gasteiger partial charge in [-0.05, 0) is 43.7 Å². The molecule has 0 spiro atoms. The molecule has 1 aliphatic rings. The van der Waals surface area contributed by atoms with Crippen LogP contribution in [0.25, 0.3) is 10.1 Å². The number of thioether (sulfide) groups is 1. The van der Waals surface area contributed by atoms with Crippen LogP contribution in [-0.2, 0) is 0 Å². The van der Waals surface area contributed by atoms with Crippen LogP contribution in [0.5, 0.6) is 0 Å². The van der Waals surface area contributed by atoms with E-state index in [1.165, 1.54) is 17.8 Å². The topological polar surface area (TPSA) is 55.1 Å². The fourth-order valence-corrected chi connectivity index (χ4v) is 4.89. The predicted octanol–water partition coefficient (Wildman–Crippen LogP) is 4.15. The first-order chi connectivity index (χ1) is 10.1. The summed E-state index contributed by atoms with van der Waals surface area (Å²) >= 11 is 9.28. The molecule has 1 amide bonds. The first-order valence-corrected chi connectivity index (χ1v) is 9.38. The van der Waals surface area contributed by atoms with Crippen molar-refractivity contribution in [2.75, 3.05) is 12.0 Å². The van der Waals surface area contributed by atoms with Gasteiger partial charge in [-0.25, -0.2) is 0 Å². The number of nitrogens with one attached hydrogen (secondary N) is 1. The Kier molecular flexibility index (Phi) is 4.33. The van der Waals surface area contributed by atoms with Crippen LogP contribution in [0.1, 0.15) is 28.9 Å². The second-order valence-electron chi connectivity index (χ2n) is 5.33. The van der Waals surface area contributed by atoms with Gasteiger partial charge in [-0.1, -0.05) is 11.6 Å². The second-order valence-corrected chi connectivity index (χ2v) is 7.95. The Morgan fingerprint density at radius 2 is 2.29 bits per heavy atom. The monoisotopic (exact) mass is 340 g/mol. The molecular weight excluding hydrogens is 324 g/mol. The van der Waals surface area contributed by atoms with Gasteiger partial charge >= 0.3 is 0 Å². The number of hydrogen-bond donors (Lipinski definition) is 2. The average molecular weight is 341 g/mol. The van der Waals surface area contributed by atoms with E-state index in [1.54, 1.807) is 6.07 Å². The Bertz CT molecular complexity index is 686. The van der Waals surface area contributed by atoms with E-state index >= 15 is 0 Å². The van der Waals surface area contributed by atoms with Gasteiger partial charge in [-0.2, -0.15) is 11.8 Å². The highest BCUT2D eigenvalue weighted by Gasteiger charge is 2.26. The molecule has 2 unspecified atom stereocenters. The number of carbonyl (C=O) groups is 1. The maximum absolute atomic E-state index is 12.5. The maximum atomic E-state index is 12.5. The number of rotatable bonds is 3. The zero-order valence-corrected chi connectivity index (χ0v) is 14.1. The molecule has 0 radical (unpaired) electrons. The second kappa shape index (κ2) is 6.07. The fourth-order valence-electron chi connectivity index (χ4n) is 2.80. The van der Waals surface area contributed by atoms with Crippen molar-refractivity contribution in [1.82, 2.24) is 5.32 Å². The van der Waals surface area contributed by atoms with E-state index in [9.17, 15) is 4.79 Å². The third kappa shape index (κ3) is 3.00. The molecule has 2 aromatic rings. The minimum atomic E-state index is -0.0587. The number of carbonyl (C=O) groups excluding carboxylic acids is 1. The summed E-state index contributed by atoms with van der Waals surface area (Å²) in [5.41, 5.74) is 6.68. The summed E-state index contributed by atoms with van der Waals surface area (Å²) < 4.78 is 0.957. The lowest BCUT2D eigenvalue weighted by Crippen LogP contribution is -2.32. The van der Waals surface area contributed by atoms with Gasteiger partial charge in [0.1, 0.15) is 4.88 Å². The van der Waals surface area contributed by atoms with E-state index in [0.29, 0.717) is 20.8 Å². The normalized spacial score (nSPS) is 21.8. The number of benzene rings is 1. The highest BCUT2D eigenvalue weighted by atomic mass is 35.5. The van der Waals surface area contributed by atoms with Crippen molar-refractivity contribution in [3.63, 3.8) is 0 Å². The van der Waals surface area contributed by atoms with Crippen molar-refractivity contribution in [2.24, 2.45) is 0 Å². The molecule has 0 saturated heterocycles. The molecule has 0 aliphatic heterocycles. The highest BCUT2D eigenvalue weighted by Crippen LogP contribution is 2.35. The third-order valence-corrected chi connectivity index (χ3v) is 6.45. The van der Waals surface area contributed by atoms with Crippen molar-refractivity contribution < 1.29 is 4.79 Å². The molecule has 1 aromatic carbocycles. The number of nitrogens with two attached hydrogens (primary N) is 1. The molecule has 1 heterocycles. The number of nitrogen functional groups attached to an aromatic ring is 1. The maximum Gasteiger partial charge on any atom is 0.263 e. The van der Waals surface area contributed by atoms with Crippen molar-refractivity contribution in [3.8, 4) is 0 Å². The Labute approximate surface area is 137 Å². The van der Waals surface area contributed by atoms with E-state index in [4.69, 9.17) is 17.3 Å². The Morgan fingerprint density at radius 3 is 3.00 bits per heavy atom. The van der Waals surface area contributed by atoms with Gasteiger partial charge in [-0.15, -0.1) is 11.3 Å². The van der Waals surface area contributed by atoms with Crippen molar-refractivity contribution in [1.29, 1.82) is 0 Å². The molecule has 1 fully saturated rings. The Hall–Kier alpha value is -0.910. The van der Waals surface area contributed by atoms with Crippen molar-refractivity contribution in [2.45, 2.75) is 30.6 Å². The smallest absolute Gasteiger partial charge is 0.263 e. The summed E-state index contributed by atoms with van der Waals surface area (Å²) in [5.74, 6) is -0.0587. The van der Waals surface area contributed by atoms with Gasteiger partial charge in [0.05, 0.1) is 5.69 Å². The number of halogens is 1. The standard InChI is InChI=1S/C15H17ClN2OS2/c1-20-10-4-3-9(7-10)18-15(19)14-13(17)11-5-2-8(16)6-12(11)21-14/h2,5-6,9-10H,3-4,7,17H2,1H3,(H,18,19). The molecule has 3 nitrogen and oxygen atoms in total. The lowest BCUT2D eigenvalue weighted by atomic mass is 10.2. The lowest BCUT2D eigenvalue weighted by molar-refractivity contribution is 0.0943. The number of fused-ring (bicyclic) bond motifs is 1. The van der Waals surface area contributed by atoms with E-state index in [-0.39, 0.29) is 11.9 Å². The number of hydrogen-bond acceptors (Lipinski definition) is 4. The molecule has 6 heteroatoms. The van der Waals surface area contributed by atoms with Gasteiger partial charge in [0.2, 0.25) is 0 Å². The van der Waals surface area contributed by atoms with E-state index in [1.807, 2.05) is 23.9 Å². The fraction of sp³-hybridized carbons (Fsp3) is 0.400. The number of amides is 1. The van der Waals surface area contributed by atoms with Gasteiger partial charge in [0.25, 0.3) is 5.91 Å². The van der Waals surface area contributed by atoms with Crippen LogP contribution in [-0.4, -0.2) is 23.5 Å². The van der Waals surface area contributed by atoms with Gasteiger partial charge in [-0.3, -0.25) is 4.79 Å².